The number of fused-ring (bicyclic) bond motifs is 6. The van der Waals surface area contributed by atoms with Gasteiger partial charge < -0.3 is 14.4 Å². The minimum Gasteiger partial charge on any atom is -0.456 e. The van der Waals surface area contributed by atoms with E-state index in [1.54, 1.807) is 0 Å². The third-order valence-corrected chi connectivity index (χ3v) is 6.64. The molecule has 0 atom stereocenters. The number of nitrogens with zero attached hydrogens (tertiary/aromatic N) is 1. The standard InChI is InChI=1S/C25H22ClNO3/c1-4-27(5-2)19-14-18-22(23(26)15(19)3)24(28)30-25(18)16-10-6-8-12-20(16)29-21-13-9-7-11-17(21)25/h6-14H,4-5H2,1-3H3. The van der Waals surface area contributed by atoms with Gasteiger partial charge in [0, 0.05) is 35.5 Å². The number of carbonyl (C=O) groups excluding carboxylic acids is 1. The van der Waals surface area contributed by atoms with Crippen molar-refractivity contribution < 1.29 is 14.3 Å². The summed E-state index contributed by atoms with van der Waals surface area (Å²) in [5, 5.41) is 0.456. The molecule has 0 unspecified atom stereocenters. The van der Waals surface area contributed by atoms with Crippen molar-refractivity contribution in [2.45, 2.75) is 26.4 Å². The highest BCUT2D eigenvalue weighted by Gasteiger charge is 2.54. The van der Waals surface area contributed by atoms with Crippen LogP contribution in [0.1, 0.15) is 46.5 Å². The lowest BCUT2D eigenvalue weighted by atomic mass is 9.77. The maximum atomic E-state index is 13.2. The lowest BCUT2D eigenvalue weighted by molar-refractivity contribution is 0.0224. The van der Waals surface area contributed by atoms with Crippen molar-refractivity contribution in [3.63, 3.8) is 0 Å². The number of rotatable bonds is 3. The fourth-order valence-electron chi connectivity index (χ4n) is 4.71. The molecule has 4 nitrogen and oxygen atoms in total. The van der Waals surface area contributed by atoms with Gasteiger partial charge in [0.1, 0.15) is 11.5 Å². The Balaban J connectivity index is 1.90. The van der Waals surface area contributed by atoms with Gasteiger partial charge >= 0.3 is 5.97 Å². The highest BCUT2D eigenvalue weighted by Crippen LogP contribution is 2.57. The molecule has 2 heterocycles. The Morgan fingerprint density at radius 1 is 0.933 bits per heavy atom. The Hall–Kier alpha value is -2.98. The third kappa shape index (κ3) is 2.37. The second-order valence-corrected chi connectivity index (χ2v) is 7.97. The van der Waals surface area contributed by atoms with Crippen LogP contribution in [0.5, 0.6) is 11.5 Å². The number of para-hydroxylation sites is 2. The molecule has 0 saturated carbocycles. The van der Waals surface area contributed by atoms with Gasteiger partial charge in [-0.1, -0.05) is 48.0 Å². The molecule has 0 radical (unpaired) electrons. The highest BCUT2D eigenvalue weighted by atomic mass is 35.5. The zero-order valence-electron chi connectivity index (χ0n) is 17.2. The van der Waals surface area contributed by atoms with Gasteiger partial charge in [-0.25, -0.2) is 4.79 Å². The number of halogens is 1. The maximum absolute atomic E-state index is 13.2. The molecule has 0 aliphatic carbocycles. The van der Waals surface area contributed by atoms with Crippen LogP contribution in [-0.2, 0) is 10.3 Å². The van der Waals surface area contributed by atoms with Crippen LogP contribution in [0, 0.1) is 6.92 Å². The van der Waals surface area contributed by atoms with Gasteiger partial charge in [-0.15, -0.1) is 0 Å². The third-order valence-electron chi connectivity index (χ3n) is 6.17. The van der Waals surface area contributed by atoms with E-state index in [0.717, 1.165) is 41.0 Å². The Morgan fingerprint density at radius 2 is 1.50 bits per heavy atom. The molecule has 0 saturated heterocycles. The van der Waals surface area contributed by atoms with Crippen molar-refractivity contribution in [3.05, 3.63) is 87.4 Å². The summed E-state index contributed by atoms with van der Waals surface area (Å²) < 4.78 is 12.4. The average Bonchev–Trinajstić information content (AvgIpc) is 3.05. The van der Waals surface area contributed by atoms with E-state index < -0.39 is 11.6 Å². The molecule has 0 bridgehead atoms. The molecule has 0 amide bonds. The van der Waals surface area contributed by atoms with Gasteiger partial charge in [0.15, 0.2) is 5.60 Å². The van der Waals surface area contributed by atoms with Gasteiger partial charge in [0.25, 0.3) is 0 Å². The van der Waals surface area contributed by atoms with E-state index in [2.05, 4.69) is 24.8 Å². The zero-order valence-corrected chi connectivity index (χ0v) is 17.9. The molecule has 5 rings (SSSR count). The van der Waals surface area contributed by atoms with Crippen LogP contribution in [0.2, 0.25) is 5.02 Å². The van der Waals surface area contributed by atoms with E-state index in [4.69, 9.17) is 21.1 Å². The molecule has 5 heteroatoms. The summed E-state index contributed by atoms with van der Waals surface area (Å²) in [4.78, 5) is 15.4. The highest BCUT2D eigenvalue weighted by molar-refractivity contribution is 6.35. The van der Waals surface area contributed by atoms with E-state index in [1.807, 2.05) is 55.5 Å². The lowest BCUT2D eigenvalue weighted by Crippen LogP contribution is -2.33. The van der Waals surface area contributed by atoms with Crippen molar-refractivity contribution in [3.8, 4) is 11.5 Å². The van der Waals surface area contributed by atoms with Crippen LogP contribution in [0.15, 0.2) is 54.6 Å². The van der Waals surface area contributed by atoms with E-state index in [0.29, 0.717) is 22.1 Å². The molecular weight excluding hydrogens is 398 g/mol. The summed E-state index contributed by atoms with van der Waals surface area (Å²) >= 11 is 6.79. The van der Waals surface area contributed by atoms with Crippen molar-refractivity contribution in [2.75, 3.05) is 18.0 Å². The lowest BCUT2D eigenvalue weighted by Gasteiger charge is -2.37. The molecule has 1 spiro atoms. The largest absolute Gasteiger partial charge is 0.456 e. The van der Waals surface area contributed by atoms with Crippen LogP contribution in [-0.4, -0.2) is 19.1 Å². The fraction of sp³-hybridized carbons (Fsp3) is 0.240. The summed E-state index contributed by atoms with van der Waals surface area (Å²) in [5.41, 5.74) is 3.65. The summed E-state index contributed by atoms with van der Waals surface area (Å²) in [6.45, 7) is 7.86. The SMILES string of the molecule is CCN(CC)c1cc2c(c(Cl)c1C)C(=O)OC21c2ccccc2Oc2ccccc21. The average molecular weight is 420 g/mol. The number of hydrogen-bond acceptors (Lipinski definition) is 4. The first kappa shape index (κ1) is 19.0. The molecule has 0 aromatic heterocycles. The van der Waals surface area contributed by atoms with Crippen LogP contribution in [0.4, 0.5) is 5.69 Å². The van der Waals surface area contributed by atoms with Crippen LogP contribution >= 0.6 is 11.6 Å². The van der Waals surface area contributed by atoms with Gasteiger partial charge in [-0.3, -0.25) is 0 Å². The van der Waals surface area contributed by atoms with E-state index >= 15 is 0 Å². The first-order chi connectivity index (χ1) is 14.5. The number of hydrogen-bond donors (Lipinski definition) is 0. The van der Waals surface area contributed by atoms with E-state index in [1.165, 1.54) is 0 Å². The van der Waals surface area contributed by atoms with Gasteiger partial charge in [0.2, 0.25) is 0 Å². The molecule has 3 aromatic carbocycles. The van der Waals surface area contributed by atoms with E-state index in [9.17, 15) is 4.79 Å². The summed E-state index contributed by atoms with van der Waals surface area (Å²) in [6, 6.07) is 17.5. The van der Waals surface area contributed by atoms with Crippen LogP contribution in [0.25, 0.3) is 0 Å². The molecular formula is C25H22ClNO3. The van der Waals surface area contributed by atoms with Gasteiger partial charge in [-0.2, -0.15) is 0 Å². The summed E-state index contributed by atoms with van der Waals surface area (Å²) in [6.07, 6.45) is 0. The van der Waals surface area contributed by atoms with Crippen molar-refractivity contribution in [1.82, 2.24) is 0 Å². The predicted molar refractivity (Wildman–Crippen MR) is 118 cm³/mol. The first-order valence-electron chi connectivity index (χ1n) is 10.2. The predicted octanol–water partition coefficient (Wildman–Crippen LogP) is 6.06. The van der Waals surface area contributed by atoms with Crippen LogP contribution in [0.3, 0.4) is 0 Å². The van der Waals surface area contributed by atoms with E-state index in [-0.39, 0.29) is 0 Å². The number of anilines is 1. The molecule has 2 aliphatic rings. The Morgan fingerprint density at radius 3 is 2.07 bits per heavy atom. The normalized spacial score (nSPS) is 15.1. The number of carbonyl (C=O) groups is 1. The topological polar surface area (TPSA) is 38.8 Å². The fourth-order valence-corrected chi connectivity index (χ4v) is 4.98. The van der Waals surface area contributed by atoms with Crippen molar-refractivity contribution >= 4 is 23.3 Å². The maximum Gasteiger partial charge on any atom is 0.341 e. The number of benzene rings is 3. The first-order valence-corrected chi connectivity index (χ1v) is 10.6. The monoisotopic (exact) mass is 419 g/mol. The molecule has 3 aromatic rings. The Labute approximate surface area is 181 Å². The Kier molecular flexibility index (Phi) is 4.30. The minimum atomic E-state index is -1.09. The minimum absolute atomic E-state index is 0.407. The molecule has 30 heavy (non-hydrogen) atoms. The number of esters is 1. The number of ether oxygens (including phenoxy) is 2. The van der Waals surface area contributed by atoms with Crippen molar-refractivity contribution in [1.29, 1.82) is 0 Å². The summed E-state index contributed by atoms with van der Waals surface area (Å²) in [5.74, 6) is 0.951. The van der Waals surface area contributed by atoms with Crippen LogP contribution < -0.4 is 9.64 Å². The van der Waals surface area contributed by atoms with Gasteiger partial charge in [-0.05, 0) is 44.5 Å². The molecule has 2 aliphatic heterocycles. The smallest absolute Gasteiger partial charge is 0.341 e. The molecule has 0 fully saturated rings. The molecule has 152 valence electrons. The molecule has 0 N–H and O–H groups in total. The quantitative estimate of drug-likeness (QED) is 0.483. The zero-order chi connectivity index (χ0) is 21.0. The second kappa shape index (κ2) is 6.78. The summed E-state index contributed by atoms with van der Waals surface area (Å²) in [7, 11) is 0. The van der Waals surface area contributed by atoms with Gasteiger partial charge in [0.05, 0.1) is 10.6 Å². The Bertz CT molecular complexity index is 1140. The second-order valence-electron chi connectivity index (χ2n) is 7.59. The van der Waals surface area contributed by atoms with Crippen molar-refractivity contribution in [2.24, 2.45) is 0 Å².